The summed E-state index contributed by atoms with van der Waals surface area (Å²) in [5.74, 6) is 1.79. The number of nitrogen functional groups attached to an aromatic ring is 1. The van der Waals surface area contributed by atoms with Gasteiger partial charge in [0.25, 0.3) is 0 Å². The third kappa shape index (κ3) is 1.66. The van der Waals surface area contributed by atoms with Crippen LogP contribution in [0.15, 0.2) is 0 Å². The summed E-state index contributed by atoms with van der Waals surface area (Å²) in [5.41, 5.74) is 6.64. The van der Waals surface area contributed by atoms with E-state index in [0.717, 1.165) is 23.9 Å². The Kier molecular flexibility index (Phi) is 3.39. The van der Waals surface area contributed by atoms with Crippen molar-refractivity contribution in [2.45, 2.75) is 27.3 Å². The molecule has 2 N–H and O–H groups in total. The van der Waals surface area contributed by atoms with Crippen molar-refractivity contribution in [1.82, 2.24) is 9.55 Å². The van der Waals surface area contributed by atoms with Crippen LogP contribution in [0.3, 0.4) is 0 Å². The van der Waals surface area contributed by atoms with Crippen LogP contribution in [0, 0.1) is 13.8 Å². The van der Waals surface area contributed by atoms with E-state index in [-0.39, 0.29) is 12.4 Å². The average molecular weight is 176 g/mol. The van der Waals surface area contributed by atoms with Gasteiger partial charge in [-0.15, -0.1) is 12.4 Å². The molecule has 0 unspecified atom stereocenters. The predicted octanol–water partition coefficient (Wildman–Crippen LogP) is 1.52. The zero-order valence-corrected chi connectivity index (χ0v) is 7.90. The molecule has 1 aromatic heterocycles. The summed E-state index contributed by atoms with van der Waals surface area (Å²) in [5, 5.41) is 0. The molecular formula is C7H14ClN3. The first kappa shape index (κ1) is 10.3. The van der Waals surface area contributed by atoms with E-state index in [2.05, 4.69) is 11.9 Å². The summed E-state index contributed by atoms with van der Waals surface area (Å²) in [6, 6.07) is 0. The molecule has 1 heterocycles. The lowest BCUT2D eigenvalue weighted by Crippen LogP contribution is -2.02. The molecule has 0 amide bonds. The maximum absolute atomic E-state index is 5.71. The second kappa shape index (κ2) is 3.62. The van der Waals surface area contributed by atoms with Gasteiger partial charge in [0.15, 0.2) is 0 Å². The molecule has 0 bridgehead atoms. The Morgan fingerprint density at radius 3 is 2.18 bits per heavy atom. The summed E-state index contributed by atoms with van der Waals surface area (Å²) in [7, 11) is 0. The lowest BCUT2D eigenvalue weighted by molar-refractivity contribution is 0.739. The van der Waals surface area contributed by atoms with Gasteiger partial charge in [-0.2, -0.15) is 0 Å². The summed E-state index contributed by atoms with van der Waals surface area (Å²) in [4.78, 5) is 4.22. The highest BCUT2D eigenvalue weighted by Gasteiger charge is 2.04. The number of anilines is 1. The van der Waals surface area contributed by atoms with Crippen molar-refractivity contribution in [2.24, 2.45) is 0 Å². The van der Waals surface area contributed by atoms with Gasteiger partial charge in [0, 0.05) is 6.54 Å². The highest BCUT2D eigenvalue weighted by atomic mass is 35.5. The molecule has 0 saturated carbocycles. The van der Waals surface area contributed by atoms with E-state index in [1.165, 1.54) is 0 Å². The molecule has 0 atom stereocenters. The fraction of sp³-hybridized carbons (Fsp3) is 0.571. The number of hydrogen-bond donors (Lipinski definition) is 1. The molecule has 0 fully saturated rings. The Morgan fingerprint density at radius 2 is 2.00 bits per heavy atom. The Bertz CT molecular complexity index is 242. The Labute approximate surface area is 73.0 Å². The number of nitrogens with two attached hydrogens (primary N) is 1. The smallest absolute Gasteiger partial charge is 0.126 e. The Morgan fingerprint density at radius 1 is 1.45 bits per heavy atom. The SMILES string of the molecule is CCn1c(C)nc(C)c1N.Cl. The number of hydrogen-bond acceptors (Lipinski definition) is 2. The maximum atomic E-state index is 5.71. The van der Waals surface area contributed by atoms with Gasteiger partial charge in [-0.05, 0) is 20.8 Å². The highest BCUT2D eigenvalue weighted by molar-refractivity contribution is 5.85. The summed E-state index contributed by atoms with van der Waals surface area (Å²) < 4.78 is 2.00. The van der Waals surface area contributed by atoms with Crippen LogP contribution in [0.5, 0.6) is 0 Å². The molecule has 0 aliphatic rings. The van der Waals surface area contributed by atoms with E-state index in [1.54, 1.807) is 0 Å². The topological polar surface area (TPSA) is 43.8 Å². The number of aryl methyl sites for hydroxylation is 2. The van der Waals surface area contributed by atoms with Crippen LogP contribution < -0.4 is 5.73 Å². The van der Waals surface area contributed by atoms with Gasteiger partial charge in [-0.25, -0.2) is 4.98 Å². The van der Waals surface area contributed by atoms with Crippen molar-refractivity contribution < 1.29 is 0 Å². The monoisotopic (exact) mass is 175 g/mol. The largest absolute Gasteiger partial charge is 0.384 e. The summed E-state index contributed by atoms with van der Waals surface area (Å²) >= 11 is 0. The minimum absolute atomic E-state index is 0. The molecule has 64 valence electrons. The summed E-state index contributed by atoms with van der Waals surface area (Å²) in [6.07, 6.45) is 0. The molecule has 0 aliphatic heterocycles. The maximum Gasteiger partial charge on any atom is 0.126 e. The van der Waals surface area contributed by atoms with Gasteiger partial charge in [0.1, 0.15) is 11.6 Å². The molecule has 0 spiro atoms. The lowest BCUT2D eigenvalue weighted by atomic mass is 10.5. The van der Waals surface area contributed by atoms with E-state index < -0.39 is 0 Å². The standard InChI is InChI=1S/C7H13N3.ClH/c1-4-10-6(3)9-5(2)7(10)8;/h4,8H2,1-3H3;1H. The van der Waals surface area contributed by atoms with Crippen LogP contribution >= 0.6 is 12.4 Å². The predicted molar refractivity (Wildman–Crippen MR) is 49.0 cm³/mol. The fourth-order valence-electron chi connectivity index (χ4n) is 1.13. The number of imidazole rings is 1. The van der Waals surface area contributed by atoms with Gasteiger partial charge in [0.05, 0.1) is 5.69 Å². The zero-order valence-electron chi connectivity index (χ0n) is 7.09. The normalized spacial score (nSPS) is 9.36. The first-order valence-electron chi connectivity index (χ1n) is 3.46. The third-order valence-electron chi connectivity index (χ3n) is 1.70. The van der Waals surface area contributed by atoms with Crippen molar-refractivity contribution in [3.8, 4) is 0 Å². The minimum atomic E-state index is 0. The molecule has 0 radical (unpaired) electrons. The first-order chi connectivity index (χ1) is 4.66. The van der Waals surface area contributed by atoms with Crippen molar-refractivity contribution in [3.05, 3.63) is 11.5 Å². The van der Waals surface area contributed by atoms with Crippen molar-refractivity contribution in [3.63, 3.8) is 0 Å². The number of nitrogens with zero attached hydrogens (tertiary/aromatic N) is 2. The molecule has 11 heavy (non-hydrogen) atoms. The number of rotatable bonds is 1. The number of halogens is 1. The van der Waals surface area contributed by atoms with Crippen molar-refractivity contribution in [2.75, 3.05) is 5.73 Å². The fourth-order valence-corrected chi connectivity index (χ4v) is 1.13. The van der Waals surface area contributed by atoms with Gasteiger partial charge >= 0.3 is 0 Å². The third-order valence-corrected chi connectivity index (χ3v) is 1.70. The van der Waals surface area contributed by atoms with E-state index in [4.69, 9.17) is 5.73 Å². The molecule has 0 saturated heterocycles. The average Bonchev–Trinajstić information content (AvgIpc) is 2.09. The van der Waals surface area contributed by atoms with Crippen LogP contribution in [-0.4, -0.2) is 9.55 Å². The second-order valence-corrected chi connectivity index (χ2v) is 2.37. The van der Waals surface area contributed by atoms with E-state index in [9.17, 15) is 0 Å². The lowest BCUT2D eigenvalue weighted by Gasteiger charge is -2.01. The first-order valence-corrected chi connectivity index (χ1v) is 3.46. The van der Waals surface area contributed by atoms with Crippen molar-refractivity contribution >= 4 is 18.2 Å². The van der Waals surface area contributed by atoms with Crippen LogP contribution in [0.2, 0.25) is 0 Å². The van der Waals surface area contributed by atoms with E-state index in [0.29, 0.717) is 0 Å². The van der Waals surface area contributed by atoms with E-state index in [1.807, 2.05) is 18.4 Å². The molecule has 0 aromatic carbocycles. The quantitative estimate of drug-likeness (QED) is 0.704. The summed E-state index contributed by atoms with van der Waals surface area (Å²) in [6.45, 7) is 6.85. The van der Waals surface area contributed by atoms with Gasteiger partial charge in [-0.3, -0.25) is 0 Å². The highest BCUT2D eigenvalue weighted by Crippen LogP contribution is 2.11. The van der Waals surface area contributed by atoms with Gasteiger partial charge in [0.2, 0.25) is 0 Å². The Balaban J connectivity index is 0.000001000. The molecule has 1 aromatic rings. The van der Waals surface area contributed by atoms with E-state index >= 15 is 0 Å². The molecule has 4 heteroatoms. The van der Waals surface area contributed by atoms with Crippen LogP contribution in [0.1, 0.15) is 18.4 Å². The van der Waals surface area contributed by atoms with Gasteiger partial charge < -0.3 is 10.3 Å². The van der Waals surface area contributed by atoms with Crippen molar-refractivity contribution in [1.29, 1.82) is 0 Å². The molecule has 1 rings (SSSR count). The molecule has 0 aliphatic carbocycles. The molecule has 3 nitrogen and oxygen atoms in total. The Hall–Kier alpha value is -0.700. The van der Waals surface area contributed by atoms with Crippen LogP contribution in [-0.2, 0) is 6.54 Å². The minimum Gasteiger partial charge on any atom is -0.384 e. The zero-order chi connectivity index (χ0) is 7.72. The number of aromatic nitrogens is 2. The van der Waals surface area contributed by atoms with Crippen LogP contribution in [0.4, 0.5) is 5.82 Å². The van der Waals surface area contributed by atoms with Crippen LogP contribution in [0.25, 0.3) is 0 Å². The second-order valence-electron chi connectivity index (χ2n) is 2.37. The van der Waals surface area contributed by atoms with Gasteiger partial charge in [-0.1, -0.05) is 0 Å². The molecular weight excluding hydrogens is 162 g/mol.